The fraction of sp³-hybridized carbons (Fsp3) is 0.0392. The molecule has 2 aromatic heterocycles. The summed E-state index contributed by atoms with van der Waals surface area (Å²) in [7, 11) is 0. The molecule has 3 nitrogen and oxygen atoms in total. The van der Waals surface area contributed by atoms with Crippen molar-refractivity contribution in [1.29, 1.82) is 0 Å². The van der Waals surface area contributed by atoms with Crippen LogP contribution >= 0.6 is 0 Å². The molecule has 0 bridgehead atoms. The summed E-state index contributed by atoms with van der Waals surface area (Å²) in [5.74, 6) is 0.723. The van der Waals surface area contributed by atoms with Crippen LogP contribution in [0.5, 0.6) is 0 Å². The minimum absolute atomic E-state index is 0.101. The maximum Gasteiger partial charge on any atom is 0.227 e. The number of fused-ring (bicyclic) bond motifs is 4. The number of allylic oxidation sites excluding steroid dienone is 6. The lowest BCUT2D eigenvalue weighted by Gasteiger charge is -2.17. The van der Waals surface area contributed by atoms with Crippen molar-refractivity contribution in [2.45, 2.75) is 12.8 Å². The predicted octanol–water partition coefficient (Wildman–Crippen LogP) is 13.7. The van der Waals surface area contributed by atoms with Crippen LogP contribution < -0.4 is 0 Å². The molecular formula is C51H36N2O. The van der Waals surface area contributed by atoms with E-state index in [1.165, 1.54) is 55.2 Å². The van der Waals surface area contributed by atoms with Gasteiger partial charge in [0.25, 0.3) is 0 Å². The zero-order valence-corrected chi connectivity index (χ0v) is 29.9. The van der Waals surface area contributed by atoms with E-state index in [4.69, 9.17) is 9.40 Å². The molecular weight excluding hydrogens is 657 g/mol. The number of hydrogen-bond donors (Lipinski definition) is 0. The monoisotopic (exact) mass is 692 g/mol. The van der Waals surface area contributed by atoms with Gasteiger partial charge >= 0.3 is 0 Å². The Morgan fingerprint density at radius 3 is 1.91 bits per heavy atom. The molecule has 0 aliphatic heterocycles. The molecule has 10 rings (SSSR count). The van der Waals surface area contributed by atoms with Gasteiger partial charge in [-0.3, -0.25) is 0 Å². The summed E-state index contributed by atoms with van der Waals surface area (Å²) >= 11 is 0. The van der Waals surface area contributed by atoms with Gasteiger partial charge in [0.15, 0.2) is 5.58 Å². The second kappa shape index (κ2) is 13.2. The molecule has 0 saturated carbocycles. The number of aromatic nitrogens is 2. The zero-order valence-electron chi connectivity index (χ0n) is 29.9. The summed E-state index contributed by atoms with van der Waals surface area (Å²) in [4.78, 5) is 4.89. The number of nitrogens with zero attached hydrogens (tertiary/aromatic N) is 2. The molecule has 1 unspecified atom stereocenters. The van der Waals surface area contributed by atoms with E-state index in [1.54, 1.807) is 0 Å². The summed E-state index contributed by atoms with van der Waals surface area (Å²) in [5.41, 5.74) is 15.7. The van der Waals surface area contributed by atoms with E-state index in [9.17, 15) is 0 Å². The van der Waals surface area contributed by atoms with Gasteiger partial charge in [-0.05, 0) is 94.4 Å². The molecule has 7 aromatic carbocycles. The van der Waals surface area contributed by atoms with Gasteiger partial charge in [-0.25, -0.2) is 4.98 Å². The number of aryl methyl sites for hydroxylation is 1. The smallest absolute Gasteiger partial charge is 0.227 e. The first-order valence-electron chi connectivity index (χ1n) is 18.5. The standard InChI is InChI=1S/C51H36N2O/c1-34-21-23-35(24-22-34)39-30-32-50-47(33-39)52-51(54-50)38-27-25-37(26-28-38)42-14-3-5-16-44(42)43-15-4-2-13-41(43)36-11-10-12-40(31-29-36)53-48-19-8-6-17-45(48)46-18-7-9-20-49(46)53/h2-33,36H,1H3. The van der Waals surface area contributed by atoms with Crippen molar-refractivity contribution in [2.24, 2.45) is 0 Å². The first-order chi connectivity index (χ1) is 26.7. The lowest BCUT2D eigenvalue weighted by molar-refractivity contribution is 0.620. The molecule has 0 saturated heterocycles. The van der Waals surface area contributed by atoms with Gasteiger partial charge in [0, 0.05) is 28.0 Å². The Morgan fingerprint density at radius 1 is 0.537 bits per heavy atom. The third-order valence-corrected chi connectivity index (χ3v) is 10.7. The predicted molar refractivity (Wildman–Crippen MR) is 225 cm³/mol. The third-order valence-electron chi connectivity index (χ3n) is 10.7. The second-order valence-corrected chi connectivity index (χ2v) is 14.0. The molecule has 0 amide bonds. The molecule has 0 spiro atoms. The summed E-state index contributed by atoms with van der Waals surface area (Å²) in [6, 6.07) is 58.2. The zero-order chi connectivity index (χ0) is 36.0. The molecule has 1 atom stereocenters. The van der Waals surface area contributed by atoms with Crippen LogP contribution in [-0.2, 0) is 0 Å². The summed E-state index contributed by atoms with van der Waals surface area (Å²) in [6.07, 6.45) is 11.4. The largest absolute Gasteiger partial charge is 0.436 e. The lowest BCUT2D eigenvalue weighted by atomic mass is 9.86. The van der Waals surface area contributed by atoms with Gasteiger partial charge in [-0.2, -0.15) is 0 Å². The van der Waals surface area contributed by atoms with E-state index in [2.05, 4.69) is 200 Å². The molecule has 0 radical (unpaired) electrons. The van der Waals surface area contributed by atoms with Gasteiger partial charge in [-0.1, -0.05) is 151 Å². The van der Waals surface area contributed by atoms with Crippen molar-refractivity contribution in [3.05, 3.63) is 205 Å². The SMILES string of the molecule is Cc1ccc(-c2ccc3oc(-c4ccc(-c5ccccc5-c5ccccc5C5C=CC=C(n6c7ccccc7c7ccccc76)C=C5)cc4)nc3c2)cc1. The van der Waals surface area contributed by atoms with Crippen molar-refractivity contribution in [2.75, 3.05) is 0 Å². The van der Waals surface area contributed by atoms with E-state index in [1.807, 2.05) is 6.07 Å². The van der Waals surface area contributed by atoms with Crippen molar-refractivity contribution in [1.82, 2.24) is 9.55 Å². The van der Waals surface area contributed by atoms with Crippen molar-refractivity contribution in [3.63, 3.8) is 0 Å². The van der Waals surface area contributed by atoms with Crippen molar-refractivity contribution >= 4 is 38.6 Å². The van der Waals surface area contributed by atoms with Gasteiger partial charge in [0.05, 0.1) is 11.0 Å². The van der Waals surface area contributed by atoms with Crippen molar-refractivity contribution in [3.8, 4) is 44.8 Å². The highest BCUT2D eigenvalue weighted by Gasteiger charge is 2.18. The van der Waals surface area contributed by atoms with Crippen LogP contribution in [-0.4, -0.2) is 9.55 Å². The number of hydrogen-bond acceptors (Lipinski definition) is 2. The van der Waals surface area contributed by atoms with E-state index in [0.717, 1.165) is 33.5 Å². The van der Waals surface area contributed by atoms with Gasteiger partial charge < -0.3 is 8.98 Å². The summed E-state index contributed by atoms with van der Waals surface area (Å²) in [6.45, 7) is 2.11. The van der Waals surface area contributed by atoms with Crippen LogP contribution in [0.3, 0.4) is 0 Å². The normalized spacial score (nSPS) is 14.2. The average Bonchev–Trinajstić information content (AvgIpc) is 3.71. The van der Waals surface area contributed by atoms with Gasteiger partial charge in [0.1, 0.15) is 5.52 Å². The number of rotatable bonds is 6. The Bertz CT molecular complexity index is 2880. The van der Waals surface area contributed by atoms with Crippen LogP contribution in [0, 0.1) is 6.92 Å². The Hall–Kier alpha value is -6.97. The molecule has 0 fully saturated rings. The van der Waals surface area contributed by atoms with E-state index in [0.29, 0.717) is 5.89 Å². The van der Waals surface area contributed by atoms with Crippen LogP contribution in [0.4, 0.5) is 0 Å². The lowest BCUT2D eigenvalue weighted by Crippen LogP contribution is -1.97. The Labute approximate surface area is 314 Å². The average molecular weight is 693 g/mol. The Kier molecular flexibility index (Phi) is 7.77. The van der Waals surface area contributed by atoms with Crippen LogP contribution in [0.25, 0.3) is 83.4 Å². The minimum atomic E-state index is 0.101. The number of para-hydroxylation sites is 2. The summed E-state index contributed by atoms with van der Waals surface area (Å²) < 4.78 is 8.62. The molecule has 3 heteroatoms. The fourth-order valence-corrected chi connectivity index (χ4v) is 7.92. The topological polar surface area (TPSA) is 31.0 Å². The maximum atomic E-state index is 6.24. The first-order valence-corrected chi connectivity index (χ1v) is 18.5. The highest BCUT2D eigenvalue weighted by molar-refractivity contribution is 6.10. The van der Waals surface area contributed by atoms with Gasteiger partial charge in [-0.15, -0.1) is 0 Å². The molecule has 1 aliphatic rings. The minimum Gasteiger partial charge on any atom is -0.436 e. The Balaban J connectivity index is 0.960. The van der Waals surface area contributed by atoms with E-state index >= 15 is 0 Å². The van der Waals surface area contributed by atoms with E-state index in [-0.39, 0.29) is 5.92 Å². The summed E-state index contributed by atoms with van der Waals surface area (Å²) in [5, 5.41) is 2.53. The van der Waals surface area contributed by atoms with Crippen LogP contribution in [0.15, 0.2) is 199 Å². The number of benzene rings is 7. The second-order valence-electron chi connectivity index (χ2n) is 14.0. The molecule has 1 aliphatic carbocycles. The van der Waals surface area contributed by atoms with Crippen LogP contribution in [0.1, 0.15) is 17.0 Å². The fourth-order valence-electron chi connectivity index (χ4n) is 7.92. The highest BCUT2D eigenvalue weighted by Crippen LogP contribution is 2.40. The molecule has 0 N–H and O–H groups in total. The first kappa shape index (κ1) is 31.7. The highest BCUT2D eigenvalue weighted by atomic mass is 16.3. The molecule has 9 aromatic rings. The van der Waals surface area contributed by atoms with E-state index < -0.39 is 0 Å². The molecule has 2 heterocycles. The maximum absolute atomic E-state index is 6.24. The molecule has 256 valence electrons. The molecule has 54 heavy (non-hydrogen) atoms. The number of oxazole rings is 1. The quantitative estimate of drug-likeness (QED) is 0.174. The van der Waals surface area contributed by atoms with Gasteiger partial charge in [0.2, 0.25) is 5.89 Å². The van der Waals surface area contributed by atoms with Crippen molar-refractivity contribution < 1.29 is 4.42 Å². The van der Waals surface area contributed by atoms with Crippen LogP contribution in [0.2, 0.25) is 0 Å². The Morgan fingerprint density at radius 2 is 1.15 bits per heavy atom. The third kappa shape index (κ3) is 5.58.